The molecule has 0 heterocycles. The van der Waals surface area contributed by atoms with E-state index < -0.39 is 0 Å². The normalized spacial score (nSPS) is 24.2. The minimum Gasteiger partial charge on any atom is -0.300 e. The summed E-state index contributed by atoms with van der Waals surface area (Å²) in [4.78, 5) is 13.8. The number of Topliss-reactive ketones (excluding diaryl/α,β-unsaturated/α-hetero) is 1. The van der Waals surface area contributed by atoms with Crippen molar-refractivity contribution in [1.29, 1.82) is 0 Å². The third-order valence-corrected chi connectivity index (χ3v) is 4.17. The molecule has 0 unspecified atom stereocenters. The molecule has 2 rings (SSSR count). The second-order valence-corrected chi connectivity index (χ2v) is 5.52. The second-order valence-electron chi connectivity index (χ2n) is 5.52. The molecule has 1 saturated carbocycles. The molecule has 1 aliphatic carbocycles. The molecule has 0 radical (unpaired) electrons. The van der Waals surface area contributed by atoms with Gasteiger partial charge in [0, 0.05) is 18.5 Å². The fourth-order valence-corrected chi connectivity index (χ4v) is 2.92. The summed E-state index contributed by atoms with van der Waals surface area (Å²) in [6.45, 7) is 2.74. The summed E-state index contributed by atoms with van der Waals surface area (Å²) in [5.74, 6) is 0.700. The zero-order chi connectivity index (χ0) is 13.0. The van der Waals surface area contributed by atoms with Gasteiger partial charge in [-0.25, -0.2) is 0 Å². The number of benzene rings is 1. The lowest BCUT2D eigenvalue weighted by Gasteiger charge is -2.34. The van der Waals surface area contributed by atoms with Gasteiger partial charge in [0.15, 0.2) is 0 Å². The van der Waals surface area contributed by atoms with Gasteiger partial charge in [0.05, 0.1) is 0 Å². The van der Waals surface area contributed by atoms with Gasteiger partial charge in [0.2, 0.25) is 0 Å². The van der Waals surface area contributed by atoms with Crippen molar-refractivity contribution in [2.75, 3.05) is 7.05 Å². The van der Waals surface area contributed by atoms with E-state index in [0.29, 0.717) is 17.7 Å². The minimum atomic E-state index is 0.325. The number of ketones is 1. The molecule has 1 aromatic rings. The van der Waals surface area contributed by atoms with Crippen LogP contribution in [0.3, 0.4) is 0 Å². The van der Waals surface area contributed by atoms with Gasteiger partial charge in [0.25, 0.3) is 0 Å². The maximum absolute atomic E-state index is 11.4. The van der Waals surface area contributed by atoms with Gasteiger partial charge in [-0.1, -0.05) is 30.3 Å². The highest BCUT2D eigenvalue weighted by atomic mass is 16.1. The fraction of sp³-hybridized carbons (Fsp3) is 0.562. The van der Waals surface area contributed by atoms with Crippen LogP contribution in [-0.4, -0.2) is 23.8 Å². The van der Waals surface area contributed by atoms with E-state index in [4.69, 9.17) is 0 Å². The molecule has 2 heteroatoms. The maximum Gasteiger partial charge on any atom is 0.132 e. The van der Waals surface area contributed by atoms with E-state index in [9.17, 15) is 4.79 Å². The molecule has 98 valence electrons. The Hall–Kier alpha value is -1.15. The van der Waals surface area contributed by atoms with E-state index in [1.165, 1.54) is 5.56 Å². The molecule has 0 N–H and O–H groups in total. The average molecular weight is 245 g/mol. The highest BCUT2D eigenvalue weighted by molar-refractivity contribution is 5.78. The fourth-order valence-electron chi connectivity index (χ4n) is 2.92. The van der Waals surface area contributed by atoms with Gasteiger partial charge in [-0.15, -0.1) is 0 Å². The highest BCUT2D eigenvalue weighted by Crippen LogP contribution is 2.28. The smallest absolute Gasteiger partial charge is 0.132 e. The van der Waals surface area contributed by atoms with Crippen molar-refractivity contribution in [3.8, 4) is 0 Å². The first-order valence-electron chi connectivity index (χ1n) is 6.91. The first-order valence-corrected chi connectivity index (χ1v) is 6.91. The SMILES string of the molecule is CC(=O)C1CCC(N(C)Cc2ccccc2)CC1. The van der Waals surface area contributed by atoms with Crippen LogP contribution in [-0.2, 0) is 11.3 Å². The van der Waals surface area contributed by atoms with E-state index >= 15 is 0 Å². The number of hydrogen-bond acceptors (Lipinski definition) is 2. The summed E-state index contributed by atoms with van der Waals surface area (Å²) < 4.78 is 0. The lowest BCUT2D eigenvalue weighted by molar-refractivity contribution is -0.122. The average Bonchev–Trinajstić information content (AvgIpc) is 2.40. The van der Waals surface area contributed by atoms with Crippen LogP contribution in [0.15, 0.2) is 30.3 Å². The Kier molecular flexibility index (Phi) is 4.54. The van der Waals surface area contributed by atoms with Crippen molar-refractivity contribution >= 4 is 5.78 Å². The van der Waals surface area contributed by atoms with Crippen LogP contribution in [0.1, 0.15) is 38.2 Å². The maximum atomic E-state index is 11.4. The molecule has 0 aromatic heterocycles. The minimum absolute atomic E-state index is 0.325. The van der Waals surface area contributed by atoms with Crippen molar-refractivity contribution in [3.63, 3.8) is 0 Å². The largest absolute Gasteiger partial charge is 0.300 e. The molecule has 18 heavy (non-hydrogen) atoms. The molecule has 0 atom stereocenters. The monoisotopic (exact) mass is 245 g/mol. The Morgan fingerprint density at radius 3 is 2.33 bits per heavy atom. The third-order valence-electron chi connectivity index (χ3n) is 4.17. The Bertz CT molecular complexity index is 379. The molecule has 0 saturated heterocycles. The summed E-state index contributed by atoms with van der Waals surface area (Å²) in [6, 6.07) is 11.2. The lowest BCUT2D eigenvalue weighted by Crippen LogP contribution is -2.35. The topological polar surface area (TPSA) is 20.3 Å². The van der Waals surface area contributed by atoms with Crippen molar-refractivity contribution < 1.29 is 4.79 Å². The predicted molar refractivity (Wildman–Crippen MR) is 74.3 cm³/mol. The van der Waals surface area contributed by atoms with Gasteiger partial charge in [0.1, 0.15) is 5.78 Å². The molecule has 1 aliphatic rings. The van der Waals surface area contributed by atoms with Gasteiger partial charge in [-0.3, -0.25) is 9.69 Å². The molecule has 0 bridgehead atoms. The Morgan fingerprint density at radius 2 is 1.78 bits per heavy atom. The number of carbonyl (C=O) groups is 1. The highest BCUT2D eigenvalue weighted by Gasteiger charge is 2.26. The van der Waals surface area contributed by atoms with E-state index in [-0.39, 0.29) is 0 Å². The van der Waals surface area contributed by atoms with Crippen LogP contribution in [0, 0.1) is 5.92 Å². The van der Waals surface area contributed by atoms with Gasteiger partial charge in [-0.2, -0.15) is 0 Å². The quantitative estimate of drug-likeness (QED) is 0.811. The van der Waals surface area contributed by atoms with E-state index in [1.807, 2.05) is 0 Å². The standard InChI is InChI=1S/C16H23NO/c1-13(18)15-8-10-16(11-9-15)17(2)12-14-6-4-3-5-7-14/h3-7,15-16H,8-12H2,1-2H3. The van der Waals surface area contributed by atoms with Crippen molar-refractivity contribution in [2.45, 2.75) is 45.2 Å². The third kappa shape index (κ3) is 3.42. The summed E-state index contributed by atoms with van der Waals surface area (Å²) >= 11 is 0. The molecule has 1 fully saturated rings. The number of carbonyl (C=O) groups excluding carboxylic acids is 1. The van der Waals surface area contributed by atoms with Crippen LogP contribution < -0.4 is 0 Å². The lowest BCUT2D eigenvalue weighted by atomic mass is 9.83. The van der Waals surface area contributed by atoms with E-state index in [1.54, 1.807) is 6.92 Å². The number of rotatable bonds is 4. The summed E-state index contributed by atoms with van der Waals surface area (Å²) in [5, 5.41) is 0. The number of nitrogens with zero attached hydrogens (tertiary/aromatic N) is 1. The van der Waals surface area contributed by atoms with Crippen LogP contribution >= 0.6 is 0 Å². The Morgan fingerprint density at radius 1 is 1.17 bits per heavy atom. The molecule has 0 amide bonds. The summed E-state index contributed by atoms with van der Waals surface area (Å²) in [7, 11) is 2.20. The Labute approximate surface area is 110 Å². The van der Waals surface area contributed by atoms with E-state index in [0.717, 1.165) is 32.2 Å². The van der Waals surface area contributed by atoms with Crippen molar-refractivity contribution in [3.05, 3.63) is 35.9 Å². The molecular weight excluding hydrogens is 222 g/mol. The van der Waals surface area contributed by atoms with Crippen molar-refractivity contribution in [2.24, 2.45) is 5.92 Å². The van der Waals surface area contributed by atoms with Gasteiger partial charge >= 0.3 is 0 Å². The van der Waals surface area contributed by atoms with Gasteiger partial charge < -0.3 is 0 Å². The molecule has 0 spiro atoms. The first-order chi connectivity index (χ1) is 8.66. The molecule has 1 aromatic carbocycles. The van der Waals surface area contributed by atoms with Crippen LogP contribution in [0.2, 0.25) is 0 Å². The predicted octanol–water partition coefficient (Wildman–Crippen LogP) is 3.27. The molecule has 0 aliphatic heterocycles. The molecule has 2 nitrogen and oxygen atoms in total. The number of hydrogen-bond donors (Lipinski definition) is 0. The summed E-state index contributed by atoms with van der Waals surface area (Å²) in [6.07, 6.45) is 4.46. The van der Waals surface area contributed by atoms with Crippen LogP contribution in [0.4, 0.5) is 0 Å². The van der Waals surface area contributed by atoms with Crippen LogP contribution in [0.25, 0.3) is 0 Å². The summed E-state index contributed by atoms with van der Waals surface area (Å²) in [5.41, 5.74) is 1.37. The molecular formula is C16H23NO. The zero-order valence-electron chi connectivity index (χ0n) is 11.4. The van der Waals surface area contributed by atoms with E-state index in [2.05, 4.69) is 42.3 Å². The Balaban J connectivity index is 1.84. The second kappa shape index (κ2) is 6.14. The van der Waals surface area contributed by atoms with Crippen molar-refractivity contribution in [1.82, 2.24) is 4.90 Å². The zero-order valence-corrected chi connectivity index (χ0v) is 11.4. The van der Waals surface area contributed by atoms with Gasteiger partial charge in [-0.05, 0) is 45.2 Å². The van der Waals surface area contributed by atoms with Crippen LogP contribution in [0.5, 0.6) is 0 Å². The first kappa shape index (κ1) is 13.3.